The molecule has 0 fully saturated rings. The molecule has 0 spiro atoms. The van der Waals surface area contributed by atoms with Gasteiger partial charge < -0.3 is 4.74 Å². The molecule has 0 aliphatic rings. The fourth-order valence-corrected chi connectivity index (χ4v) is 0.299. The molecule has 0 radical (unpaired) electrons. The molecule has 0 aromatic rings. The Hall–Kier alpha value is -0.500. The monoisotopic (exact) mass is 148 g/mol. The lowest BCUT2D eigenvalue weighted by Gasteiger charge is -1.93. The molecule has 0 unspecified atom stereocenters. The molecule has 0 aromatic carbocycles. The van der Waals surface area contributed by atoms with Crippen molar-refractivity contribution >= 4 is 16.8 Å². The Morgan fingerprint density at radius 1 is 1.78 bits per heavy atom. The smallest absolute Gasteiger partial charge is 0.251 e. The van der Waals surface area contributed by atoms with E-state index >= 15 is 0 Å². The second-order valence-corrected chi connectivity index (χ2v) is 1.87. The van der Waals surface area contributed by atoms with Gasteiger partial charge in [-0.05, 0) is 25.4 Å². The number of allylic oxidation sites excluding steroid dienone is 1. The van der Waals surface area contributed by atoms with Gasteiger partial charge in [0.2, 0.25) is 0 Å². The van der Waals surface area contributed by atoms with E-state index in [4.69, 9.17) is 16.3 Å². The van der Waals surface area contributed by atoms with E-state index in [1.54, 1.807) is 6.92 Å². The fraction of sp³-hybridized carbons (Fsp3) is 0.500. The molecule has 0 atom stereocenters. The summed E-state index contributed by atoms with van der Waals surface area (Å²) in [6, 6.07) is 0. The van der Waals surface area contributed by atoms with E-state index in [0.717, 1.165) is 0 Å². The zero-order chi connectivity index (χ0) is 7.28. The summed E-state index contributed by atoms with van der Waals surface area (Å²) in [5.41, 5.74) is 0.429. The molecule has 0 aromatic heterocycles. The van der Waals surface area contributed by atoms with E-state index in [2.05, 4.69) is 0 Å². The van der Waals surface area contributed by atoms with Gasteiger partial charge in [0, 0.05) is 5.57 Å². The number of halogens is 1. The average Bonchev–Trinajstić information content (AvgIpc) is 1.82. The maximum absolute atomic E-state index is 10.3. The van der Waals surface area contributed by atoms with Gasteiger partial charge >= 0.3 is 0 Å². The van der Waals surface area contributed by atoms with Crippen LogP contribution in [0.2, 0.25) is 0 Å². The second kappa shape index (κ2) is 4.39. The van der Waals surface area contributed by atoms with Crippen molar-refractivity contribution in [2.45, 2.75) is 13.8 Å². The Bertz CT molecular complexity index is 129. The van der Waals surface area contributed by atoms with Crippen LogP contribution < -0.4 is 0 Å². The summed E-state index contributed by atoms with van der Waals surface area (Å²) in [7, 11) is 0. The number of ether oxygens (including phenoxy) is 1. The van der Waals surface area contributed by atoms with Crippen molar-refractivity contribution in [3.8, 4) is 0 Å². The second-order valence-electron chi connectivity index (χ2n) is 1.53. The number of rotatable bonds is 3. The van der Waals surface area contributed by atoms with E-state index in [0.29, 0.717) is 12.2 Å². The highest BCUT2D eigenvalue weighted by molar-refractivity contribution is 6.67. The summed E-state index contributed by atoms with van der Waals surface area (Å²) >= 11 is 5.08. The van der Waals surface area contributed by atoms with E-state index in [1.807, 2.05) is 6.92 Å². The van der Waals surface area contributed by atoms with Crippen molar-refractivity contribution in [1.82, 2.24) is 0 Å². The van der Waals surface area contributed by atoms with Gasteiger partial charge in [0.15, 0.2) is 0 Å². The quantitative estimate of drug-likeness (QED) is 0.346. The Morgan fingerprint density at radius 3 is 2.67 bits per heavy atom. The van der Waals surface area contributed by atoms with Crippen molar-refractivity contribution in [2.24, 2.45) is 0 Å². The Kier molecular flexibility index (Phi) is 4.14. The standard InChI is InChI=1S/C6H9ClO2/c1-3-9-4-5(2)6(7)8/h4H,3H2,1-2H3. The molecule has 0 aliphatic heterocycles. The average molecular weight is 149 g/mol. The molecule has 0 saturated heterocycles. The van der Waals surface area contributed by atoms with Gasteiger partial charge in [-0.2, -0.15) is 0 Å². The topological polar surface area (TPSA) is 26.3 Å². The lowest BCUT2D eigenvalue weighted by molar-refractivity contribution is -0.108. The minimum atomic E-state index is -0.469. The zero-order valence-corrected chi connectivity index (χ0v) is 6.23. The highest BCUT2D eigenvalue weighted by atomic mass is 35.5. The van der Waals surface area contributed by atoms with Crippen LogP contribution in [0.3, 0.4) is 0 Å². The molecule has 0 bridgehead atoms. The highest BCUT2D eigenvalue weighted by Gasteiger charge is 1.96. The molecule has 3 heteroatoms. The first kappa shape index (κ1) is 8.50. The first-order valence-electron chi connectivity index (χ1n) is 2.66. The van der Waals surface area contributed by atoms with Crippen molar-refractivity contribution in [3.05, 3.63) is 11.8 Å². The van der Waals surface area contributed by atoms with Crippen LogP contribution in [0.15, 0.2) is 11.8 Å². The predicted octanol–water partition coefficient (Wildman–Crippen LogP) is 1.69. The lowest BCUT2D eigenvalue weighted by Crippen LogP contribution is -1.89. The van der Waals surface area contributed by atoms with E-state index in [9.17, 15) is 4.79 Å². The molecule has 9 heavy (non-hydrogen) atoms. The molecule has 0 rings (SSSR count). The van der Waals surface area contributed by atoms with Crippen LogP contribution in [-0.4, -0.2) is 11.8 Å². The van der Waals surface area contributed by atoms with Crippen molar-refractivity contribution in [1.29, 1.82) is 0 Å². The van der Waals surface area contributed by atoms with Gasteiger partial charge in [-0.25, -0.2) is 0 Å². The normalized spacial score (nSPS) is 11.2. The summed E-state index contributed by atoms with van der Waals surface area (Å²) in [5, 5.41) is -0.469. The number of carbonyl (C=O) groups excluding carboxylic acids is 1. The minimum Gasteiger partial charge on any atom is -0.501 e. The van der Waals surface area contributed by atoms with Gasteiger partial charge in [0.1, 0.15) is 0 Å². The molecule has 52 valence electrons. The van der Waals surface area contributed by atoms with Gasteiger partial charge in [0.25, 0.3) is 5.24 Å². The van der Waals surface area contributed by atoms with Crippen LogP contribution in [0.5, 0.6) is 0 Å². The molecular formula is C6H9ClO2. The highest BCUT2D eigenvalue weighted by Crippen LogP contribution is 1.97. The molecular weight excluding hydrogens is 140 g/mol. The molecule has 0 amide bonds. The minimum absolute atomic E-state index is 0.429. The van der Waals surface area contributed by atoms with Crippen molar-refractivity contribution in [3.63, 3.8) is 0 Å². The van der Waals surface area contributed by atoms with Gasteiger partial charge in [-0.3, -0.25) is 4.79 Å². The van der Waals surface area contributed by atoms with Crippen molar-refractivity contribution in [2.75, 3.05) is 6.61 Å². The molecule has 0 heterocycles. The van der Waals surface area contributed by atoms with E-state index in [1.165, 1.54) is 6.26 Å². The number of hydrogen-bond acceptors (Lipinski definition) is 2. The number of carbonyl (C=O) groups is 1. The third kappa shape index (κ3) is 4.03. The van der Waals surface area contributed by atoms with Gasteiger partial charge in [0.05, 0.1) is 12.9 Å². The summed E-state index contributed by atoms with van der Waals surface area (Å²) in [6.45, 7) is 4.00. The summed E-state index contributed by atoms with van der Waals surface area (Å²) in [4.78, 5) is 10.3. The Morgan fingerprint density at radius 2 is 2.33 bits per heavy atom. The van der Waals surface area contributed by atoms with Crippen LogP contribution in [0, 0.1) is 0 Å². The first-order valence-corrected chi connectivity index (χ1v) is 3.04. The summed E-state index contributed by atoms with van der Waals surface area (Å²) in [5.74, 6) is 0. The van der Waals surface area contributed by atoms with Gasteiger partial charge in [-0.1, -0.05) is 0 Å². The summed E-state index contributed by atoms with van der Waals surface area (Å²) < 4.78 is 4.79. The van der Waals surface area contributed by atoms with Crippen LogP contribution in [0.25, 0.3) is 0 Å². The molecule has 2 nitrogen and oxygen atoms in total. The van der Waals surface area contributed by atoms with Crippen LogP contribution in [0.4, 0.5) is 0 Å². The van der Waals surface area contributed by atoms with Crippen LogP contribution in [0.1, 0.15) is 13.8 Å². The van der Waals surface area contributed by atoms with Crippen LogP contribution in [-0.2, 0) is 9.53 Å². The molecule has 0 aliphatic carbocycles. The summed E-state index contributed by atoms with van der Waals surface area (Å²) in [6.07, 6.45) is 1.36. The molecule has 0 saturated carbocycles. The SMILES string of the molecule is CCOC=C(C)C(=O)Cl. The predicted molar refractivity (Wildman–Crippen MR) is 36.2 cm³/mol. The third-order valence-electron chi connectivity index (χ3n) is 0.737. The maximum atomic E-state index is 10.3. The number of hydrogen-bond donors (Lipinski definition) is 0. The van der Waals surface area contributed by atoms with Gasteiger partial charge in [-0.15, -0.1) is 0 Å². The maximum Gasteiger partial charge on any atom is 0.251 e. The van der Waals surface area contributed by atoms with E-state index < -0.39 is 5.24 Å². The lowest BCUT2D eigenvalue weighted by atomic mass is 10.4. The largest absolute Gasteiger partial charge is 0.501 e. The Balaban J connectivity index is 3.69. The van der Waals surface area contributed by atoms with Crippen molar-refractivity contribution < 1.29 is 9.53 Å². The fourth-order valence-electron chi connectivity index (χ4n) is 0.255. The Labute approximate surface area is 59.5 Å². The van der Waals surface area contributed by atoms with Crippen LogP contribution >= 0.6 is 11.6 Å². The third-order valence-corrected chi connectivity index (χ3v) is 1.03. The zero-order valence-electron chi connectivity index (χ0n) is 5.48. The first-order chi connectivity index (χ1) is 4.18. The molecule has 0 N–H and O–H groups in total. The van der Waals surface area contributed by atoms with E-state index in [-0.39, 0.29) is 0 Å².